The molecule has 0 aliphatic heterocycles. The Balaban J connectivity index is 2.48. The molecule has 0 amide bonds. The molecule has 0 saturated heterocycles. The molecule has 1 aliphatic rings. The minimum atomic E-state index is -3.38. The molecule has 5 heteroatoms. The van der Waals surface area contributed by atoms with E-state index in [2.05, 4.69) is 4.72 Å². The van der Waals surface area contributed by atoms with Crippen LogP contribution in [0.25, 0.3) is 6.08 Å². The summed E-state index contributed by atoms with van der Waals surface area (Å²) >= 11 is 6.13. The van der Waals surface area contributed by atoms with E-state index >= 15 is 0 Å². The number of fused-ring (bicyclic) bond motifs is 1. The maximum atomic E-state index is 11.7. The van der Waals surface area contributed by atoms with Crippen LogP contribution in [0.4, 0.5) is 0 Å². The SMILES string of the molecule is CNS(=O)(=O)c1ccc2c(c1)CC(Cl)CC=C2. The topological polar surface area (TPSA) is 46.2 Å². The Kier molecular flexibility index (Phi) is 3.56. The first-order valence-electron chi connectivity index (χ1n) is 5.40. The zero-order valence-corrected chi connectivity index (χ0v) is 11.1. The number of sulfonamides is 1. The van der Waals surface area contributed by atoms with Crippen molar-refractivity contribution >= 4 is 27.7 Å². The molecule has 0 fully saturated rings. The Labute approximate surface area is 107 Å². The summed E-state index contributed by atoms with van der Waals surface area (Å²) in [4.78, 5) is 0.290. The maximum Gasteiger partial charge on any atom is 0.240 e. The van der Waals surface area contributed by atoms with Crippen molar-refractivity contribution < 1.29 is 8.42 Å². The second kappa shape index (κ2) is 4.80. The number of hydrogen-bond donors (Lipinski definition) is 1. The van der Waals surface area contributed by atoms with Crippen molar-refractivity contribution in [3.05, 3.63) is 35.4 Å². The largest absolute Gasteiger partial charge is 0.240 e. The summed E-state index contributed by atoms with van der Waals surface area (Å²) in [6.07, 6.45) is 5.52. The molecule has 0 saturated carbocycles. The number of benzene rings is 1. The normalized spacial score (nSPS) is 19.8. The molecule has 1 aromatic rings. The molecule has 0 aromatic heterocycles. The van der Waals surface area contributed by atoms with Gasteiger partial charge in [-0.15, -0.1) is 11.6 Å². The number of allylic oxidation sites excluding steroid dienone is 1. The summed E-state index contributed by atoms with van der Waals surface area (Å²) < 4.78 is 25.7. The van der Waals surface area contributed by atoms with Gasteiger partial charge in [-0.2, -0.15) is 0 Å². The van der Waals surface area contributed by atoms with Crippen LogP contribution in [-0.4, -0.2) is 20.8 Å². The van der Waals surface area contributed by atoms with Gasteiger partial charge in [-0.25, -0.2) is 13.1 Å². The van der Waals surface area contributed by atoms with E-state index in [-0.39, 0.29) is 10.3 Å². The van der Waals surface area contributed by atoms with E-state index in [9.17, 15) is 8.42 Å². The highest BCUT2D eigenvalue weighted by Crippen LogP contribution is 2.24. The first-order valence-corrected chi connectivity index (χ1v) is 7.32. The van der Waals surface area contributed by atoms with Crippen molar-refractivity contribution in [2.24, 2.45) is 0 Å². The zero-order chi connectivity index (χ0) is 12.5. The molecule has 17 heavy (non-hydrogen) atoms. The van der Waals surface area contributed by atoms with Crippen LogP contribution in [0.15, 0.2) is 29.2 Å². The Morgan fingerprint density at radius 3 is 2.88 bits per heavy atom. The molecular formula is C12H14ClNO2S. The third-order valence-electron chi connectivity index (χ3n) is 2.82. The van der Waals surface area contributed by atoms with Crippen LogP contribution in [0.1, 0.15) is 17.5 Å². The lowest BCUT2D eigenvalue weighted by Crippen LogP contribution is -2.19. The van der Waals surface area contributed by atoms with Gasteiger partial charge in [0, 0.05) is 5.38 Å². The molecule has 1 atom stereocenters. The fraction of sp³-hybridized carbons (Fsp3) is 0.333. The molecule has 0 heterocycles. The first-order chi connectivity index (χ1) is 8.03. The van der Waals surface area contributed by atoms with Crippen LogP contribution in [-0.2, 0) is 16.4 Å². The minimum absolute atomic E-state index is 0.0278. The van der Waals surface area contributed by atoms with Gasteiger partial charge in [0.25, 0.3) is 0 Å². The molecule has 92 valence electrons. The van der Waals surface area contributed by atoms with E-state index in [1.807, 2.05) is 18.2 Å². The van der Waals surface area contributed by atoms with E-state index in [1.54, 1.807) is 12.1 Å². The van der Waals surface area contributed by atoms with E-state index in [1.165, 1.54) is 7.05 Å². The van der Waals surface area contributed by atoms with Crippen molar-refractivity contribution in [1.29, 1.82) is 0 Å². The predicted octanol–water partition coefficient (Wildman–Crippen LogP) is 2.16. The fourth-order valence-electron chi connectivity index (χ4n) is 1.87. The molecule has 1 N–H and O–H groups in total. The number of rotatable bonds is 2. The number of hydrogen-bond acceptors (Lipinski definition) is 2. The van der Waals surface area contributed by atoms with Gasteiger partial charge in [-0.05, 0) is 43.1 Å². The lowest BCUT2D eigenvalue weighted by Gasteiger charge is -2.09. The quantitative estimate of drug-likeness (QED) is 0.838. The van der Waals surface area contributed by atoms with E-state index in [0.29, 0.717) is 6.42 Å². The second-order valence-electron chi connectivity index (χ2n) is 4.01. The zero-order valence-electron chi connectivity index (χ0n) is 9.48. The average Bonchev–Trinajstić information content (AvgIpc) is 2.48. The van der Waals surface area contributed by atoms with Crippen LogP contribution >= 0.6 is 11.6 Å². The Bertz CT molecular complexity index is 552. The Hall–Kier alpha value is -0.840. The molecule has 0 radical (unpaired) electrons. The second-order valence-corrected chi connectivity index (χ2v) is 6.51. The minimum Gasteiger partial charge on any atom is -0.214 e. The van der Waals surface area contributed by atoms with Gasteiger partial charge in [-0.1, -0.05) is 18.2 Å². The van der Waals surface area contributed by atoms with Gasteiger partial charge in [0.2, 0.25) is 10.0 Å². The van der Waals surface area contributed by atoms with Gasteiger partial charge >= 0.3 is 0 Å². The monoisotopic (exact) mass is 271 g/mol. The summed E-state index contributed by atoms with van der Waals surface area (Å²) in [5, 5.41) is 0.0278. The number of alkyl halides is 1. The fourth-order valence-corrected chi connectivity index (χ4v) is 2.92. The molecule has 1 aliphatic carbocycles. The van der Waals surface area contributed by atoms with Crippen molar-refractivity contribution in [2.45, 2.75) is 23.1 Å². The van der Waals surface area contributed by atoms with Crippen LogP contribution in [0.2, 0.25) is 0 Å². The van der Waals surface area contributed by atoms with Gasteiger partial charge in [0.1, 0.15) is 0 Å². The average molecular weight is 272 g/mol. The highest BCUT2D eigenvalue weighted by Gasteiger charge is 2.16. The van der Waals surface area contributed by atoms with Gasteiger partial charge in [-0.3, -0.25) is 0 Å². The summed E-state index contributed by atoms with van der Waals surface area (Å²) in [6, 6.07) is 5.14. The van der Waals surface area contributed by atoms with Gasteiger partial charge in [0.05, 0.1) is 4.90 Å². The van der Waals surface area contributed by atoms with Gasteiger partial charge in [0.15, 0.2) is 0 Å². The number of halogens is 1. The highest BCUT2D eigenvalue weighted by molar-refractivity contribution is 7.89. The molecule has 0 bridgehead atoms. The van der Waals surface area contributed by atoms with Crippen LogP contribution in [0.3, 0.4) is 0 Å². The van der Waals surface area contributed by atoms with Crippen molar-refractivity contribution in [3.8, 4) is 0 Å². The van der Waals surface area contributed by atoms with Crippen LogP contribution in [0.5, 0.6) is 0 Å². The molecular weight excluding hydrogens is 258 g/mol. The third-order valence-corrected chi connectivity index (χ3v) is 4.57. The standard InChI is InChI=1S/C12H14ClNO2S/c1-14-17(15,16)12-6-5-9-3-2-4-11(13)7-10(9)8-12/h2-3,5-6,8,11,14H,4,7H2,1H3. The summed E-state index contributed by atoms with van der Waals surface area (Å²) in [7, 11) is -1.97. The van der Waals surface area contributed by atoms with E-state index in [4.69, 9.17) is 11.6 Å². The molecule has 3 nitrogen and oxygen atoms in total. The molecule has 2 rings (SSSR count). The summed E-state index contributed by atoms with van der Waals surface area (Å²) in [5.74, 6) is 0. The summed E-state index contributed by atoms with van der Waals surface area (Å²) in [5.41, 5.74) is 2.03. The van der Waals surface area contributed by atoms with Crippen molar-refractivity contribution in [3.63, 3.8) is 0 Å². The van der Waals surface area contributed by atoms with Crippen LogP contribution < -0.4 is 4.72 Å². The smallest absolute Gasteiger partial charge is 0.214 e. The van der Waals surface area contributed by atoms with Crippen molar-refractivity contribution in [2.75, 3.05) is 7.05 Å². The Morgan fingerprint density at radius 2 is 2.18 bits per heavy atom. The lowest BCUT2D eigenvalue weighted by atomic mass is 10.0. The van der Waals surface area contributed by atoms with Crippen LogP contribution in [0, 0.1) is 0 Å². The lowest BCUT2D eigenvalue weighted by molar-refractivity contribution is 0.588. The number of nitrogens with one attached hydrogen (secondary N) is 1. The molecule has 1 unspecified atom stereocenters. The first kappa shape index (κ1) is 12.6. The third kappa shape index (κ3) is 2.70. The predicted molar refractivity (Wildman–Crippen MR) is 69.7 cm³/mol. The van der Waals surface area contributed by atoms with Gasteiger partial charge < -0.3 is 0 Å². The maximum absolute atomic E-state index is 11.7. The van der Waals surface area contributed by atoms with Crippen molar-refractivity contribution in [1.82, 2.24) is 4.72 Å². The van der Waals surface area contributed by atoms with E-state index in [0.717, 1.165) is 17.5 Å². The molecule has 1 aromatic carbocycles. The molecule has 0 spiro atoms. The highest BCUT2D eigenvalue weighted by atomic mass is 35.5. The van der Waals surface area contributed by atoms with E-state index < -0.39 is 10.0 Å². The summed E-state index contributed by atoms with van der Waals surface area (Å²) in [6.45, 7) is 0. The Morgan fingerprint density at radius 1 is 1.41 bits per heavy atom.